The molecule has 31 heavy (non-hydrogen) atoms. The number of anilines is 1. The van der Waals surface area contributed by atoms with Crippen LogP contribution in [0, 0.1) is 37.0 Å². The number of benzene rings is 2. The van der Waals surface area contributed by atoms with Gasteiger partial charge in [0.15, 0.2) is 5.58 Å². The van der Waals surface area contributed by atoms with Crippen LogP contribution in [-0.4, -0.2) is 10.9 Å². The van der Waals surface area contributed by atoms with Crippen LogP contribution in [0.3, 0.4) is 0 Å². The highest BCUT2D eigenvalue weighted by molar-refractivity contribution is 5.92. The molecule has 3 aromatic rings. The predicted octanol–water partition coefficient (Wildman–Crippen LogP) is 6.66. The first-order valence-corrected chi connectivity index (χ1v) is 11.7. The van der Waals surface area contributed by atoms with E-state index in [0.717, 1.165) is 51.2 Å². The third-order valence-electron chi connectivity index (χ3n) is 8.00. The number of carbonyl (C=O) groups excluding carboxylic acids is 1. The monoisotopic (exact) mass is 414 g/mol. The maximum absolute atomic E-state index is 13.1. The number of nitrogens with one attached hydrogen (secondary N) is 1. The molecule has 4 aliphatic rings. The van der Waals surface area contributed by atoms with Crippen LogP contribution in [0.4, 0.5) is 5.69 Å². The minimum absolute atomic E-state index is 0.162. The number of fused-ring (bicyclic) bond motifs is 1. The number of hydrogen-bond acceptors (Lipinski definition) is 3. The van der Waals surface area contributed by atoms with Crippen molar-refractivity contribution in [2.75, 3.05) is 5.32 Å². The summed E-state index contributed by atoms with van der Waals surface area (Å²) in [5.41, 5.74) is 5.88. The average molecular weight is 415 g/mol. The van der Waals surface area contributed by atoms with E-state index in [1.165, 1.54) is 38.5 Å². The summed E-state index contributed by atoms with van der Waals surface area (Å²) in [6.45, 7) is 4.09. The van der Waals surface area contributed by atoms with Gasteiger partial charge in [0.2, 0.25) is 11.8 Å². The normalized spacial score (nSPS) is 28.9. The summed E-state index contributed by atoms with van der Waals surface area (Å²) >= 11 is 0. The molecule has 0 aliphatic heterocycles. The molecule has 4 saturated carbocycles. The summed E-state index contributed by atoms with van der Waals surface area (Å²) in [7, 11) is 0. The molecule has 0 atom stereocenters. The topological polar surface area (TPSA) is 55.1 Å². The molecule has 2 aromatic carbocycles. The lowest BCUT2D eigenvalue weighted by Crippen LogP contribution is -2.47. The highest BCUT2D eigenvalue weighted by atomic mass is 16.3. The molecule has 1 heterocycles. The Hall–Kier alpha value is -2.62. The van der Waals surface area contributed by atoms with Gasteiger partial charge in [-0.05, 0) is 111 Å². The lowest BCUT2D eigenvalue weighted by molar-refractivity contribution is -0.124. The molecule has 0 spiro atoms. The van der Waals surface area contributed by atoms with E-state index in [1.807, 2.05) is 50.2 Å². The molecule has 4 bridgehead atoms. The number of hydrogen-bond donors (Lipinski definition) is 1. The van der Waals surface area contributed by atoms with Gasteiger partial charge in [0.05, 0.1) is 0 Å². The number of rotatable bonds is 4. The molecule has 1 N–H and O–H groups in total. The second-order valence-electron chi connectivity index (χ2n) is 10.7. The van der Waals surface area contributed by atoms with Crippen LogP contribution in [0.15, 0.2) is 40.8 Å². The highest BCUT2D eigenvalue weighted by Crippen LogP contribution is 2.61. The van der Waals surface area contributed by atoms with Crippen molar-refractivity contribution in [2.45, 2.75) is 58.8 Å². The summed E-state index contributed by atoms with van der Waals surface area (Å²) < 4.78 is 6.00. The van der Waals surface area contributed by atoms with Crippen LogP contribution in [0.5, 0.6) is 0 Å². The SMILES string of the molecule is Cc1ccc2nc(-c3ccc(C)c(NC(=O)CC45CC6CC(CC(C6)C4)C5)c3)oc2c1. The number of aryl methyl sites for hydroxylation is 2. The summed E-state index contributed by atoms with van der Waals surface area (Å²) in [5.74, 6) is 3.36. The Kier molecular flexibility index (Phi) is 4.28. The maximum Gasteiger partial charge on any atom is 0.227 e. The second kappa shape index (κ2) is 6.94. The quantitative estimate of drug-likeness (QED) is 0.519. The molecular formula is C27H30N2O2. The minimum Gasteiger partial charge on any atom is -0.436 e. The fourth-order valence-corrected chi connectivity index (χ4v) is 7.09. The second-order valence-corrected chi connectivity index (χ2v) is 10.7. The summed E-state index contributed by atoms with van der Waals surface area (Å²) in [6.07, 6.45) is 8.67. The molecule has 7 rings (SSSR count). The predicted molar refractivity (Wildman–Crippen MR) is 123 cm³/mol. The van der Waals surface area contributed by atoms with E-state index in [4.69, 9.17) is 4.42 Å². The lowest BCUT2D eigenvalue weighted by Gasteiger charge is -2.56. The maximum atomic E-state index is 13.1. The van der Waals surface area contributed by atoms with Crippen LogP contribution in [0.1, 0.15) is 56.1 Å². The van der Waals surface area contributed by atoms with Crippen molar-refractivity contribution in [3.8, 4) is 11.5 Å². The Morgan fingerprint density at radius 1 is 1.03 bits per heavy atom. The molecule has 0 saturated heterocycles. The Bertz CT molecular complexity index is 1140. The molecule has 4 nitrogen and oxygen atoms in total. The summed E-state index contributed by atoms with van der Waals surface area (Å²) in [5, 5.41) is 3.23. The van der Waals surface area contributed by atoms with Crippen LogP contribution in [0.2, 0.25) is 0 Å². The largest absolute Gasteiger partial charge is 0.436 e. The van der Waals surface area contributed by atoms with Gasteiger partial charge in [0.1, 0.15) is 5.52 Å². The van der Waals surface area contributed by atoms with Crippen molar-refractivity contribution < 1.29 is 9.21 Å². The first-order chi connectivity index (χ1) is 14.9. The molecule has 4 fully saturated rings. The first kappa shape index (κ1) is 19.1. The number of amides is 1. The van der Waals surface area contributed by atoms with Crippen molar-refractivity contribution >= 4 is 22.7 Å². The van der Waals surface area contributed by atoms with Crippen molar-refractivity contribution in [2.24, 2.45) is 23.2 Å². The van der Waals surface area contributed by atoms with Gasteiger partial charge in [0.25, 0.3) is 0 Å². The van der Waals surface area contributed by atoms with E-state index >= 15 is 0 Å². The highest BCUT2D eigenvalue weighted by Gasteiger charge is 2.51. The molecule has 0 radical (unpaired) electrons. The minimum atomic E-state index is 0.162. The zero-order valence-electron chi connectivity index (χ0n) is 18.4. The van der Waals surface area contributed by atoms with Gasteiger partial charge in [-0.2, -0.15) is 0 Å². The summed E-state index contributed by atoms with van der Waals surface area (Å²) in [6, 6.07) is 12.1. The number of oxazole rings is 1. The van der Waals surface area contributed by atoms with Gasteiger partial charge >= 0.3 is 0 Å². The molecule has 1 aromatic heterocycles. The van der Waals surface area contributed by atoms with Crippen LogP contribution >= 0.6 is 0 Å². The van der Waals surface area contributed by atoms with Gasteiger partial charge in [-0.25, -0.2) is 4.98 Å². The average Bonchev–Trinajstić information content (AvgIpc) is 3.11. The Morgan fingerprint density at radius 2 is 1.74 bits per heavy atom. The third-order valence-corrected chi connectivity index (χ3v) is 8.00. The van der Waals surface area contributed by atoms with Crippen LogP contribution < -0.4 is 5.32 Å². The molecular weight excluding hydrogens is 384 g/mol. The molecule has 1 amide bonds. The smallest absolute Gasteiger partial charge is 0.227 e. The number of carbonyl (C=O) groups is 1. The van der Waals surface area contributed by atoms with Crippen LogP contribution in [0.25, 0.3) is 22.6 Å². The third kappa shape index (κ3) is 3.46. The Morgan fingerprint density at radius 3 is 2.45 bits per heavy atom. The number of nitrogens with zero attached hydrogens (tertiary/aromatic N) is 1. The van der Waals surface area contributed by atoms with E-state index in [9.17, 15) is 4.79 Å². The van der Waals surface area contributed by atoms with E-state index in [1.54, 1.807) is 0 Å². The Labute approximate surface area is 183 Å². The molecule has 0 unspecified atom stereocenters. The fraction of sp³-hybridized carbons (Fsp3) is 0.481. The van der Waals surface area contributed by atoms with Crippen molar-refractivity contribution in [3.63, 3.8) is 0 Å². The number of aromatic nitrogens is 1. The molecule has 4 aliphatic carbocycles. The van der Waals surface area contributed by atoms with E-state index in [-0.39, 0.29) is 11.3 Å². The fourth-order valence-electron chi connectivity index (χ4n) is 7.09. The van der Waals surface area contributed by atoms with Gasteiger partial charge in [-0.1, -0.05) is 12.1 Å². The zero-order valence-corrected chi connectivity index (χ0v) is 18.4. The van der Waals surface area contributed by atoms with Crippen molar-refractivity contribution in [1.29, 1.82) is 0 Å². The van der Waals surface area contributed by atoms with E-state index in [0.29, 0.717) is 12.3 Å². The van der Waals surface area contributed by atoms with Crippen molar-refractivity contribution in [3.05, 3.63) is 47.5 Å². The molecule has 160 valence electrons. The first-order valence-electron chi connectivity index (χ1n) is 11.7. The van der Waals surface area contributed by atoms with Crippen LogP contribution in [-0.2, 0) is 4.79 Å². The van der Waals surface area contributed by atoms with E-state index in [2.05, 4.69) is 10.3 Å². The summed E-state index contributed by atoms with van der Waals surface area (Å²) in [4.78, 5) is 17.8. The Balaban J connectivity index is 1.23. The van der Waals surface area contributed by atoms with Gasteiger partial charge in [0, 0.05) is 17.7 Å². The van der Waals surface area contributed by atoms with Crippen molar-refractivity contribution in [1.82, 2.24) is 4.98 Å². The van der Waals surface area contributed by atoms with Gasteiger partial charge < -0.3 is 9.73 Å². The van der Waals surface area contributed by atoms with Gasteiger partial charge in [-0.15, -0.1) is 0 Å². The van der Waals surface area contributed by atoms with E-state index < -0.39 is 0 Å². The zero-order chi connectivity index (χ0) is 21.2. The molecule has 4 heteroatoms. The standard InChI is InChI=1S/C27H30N2O2/c1-16-3-6-22-24(7-16)31-26(29-22)21-5-4-17(2)23(11-21)28-25(30)15-27-12-18-8-19(13-27)10-20(9-18)14-27/h3-7,11,18-20H,8-10,12-15H2,1-2H3,(H,28,30). The lowest BCUT2D eigenvalue weighted by atomic mass is 9.49. The van der Waals surface area contributed by atoms with Gasteiger partial charge in [-0.3, -0.25) is 4.79 Å².